The highest BCUT2D eigenvalue weighted by molar-refractivity contribution is 7.20. The number of amides is 1. The van der Waals surface area contributed by atoms with E-state index in [1.165, 1.54) is 17.8 Å². The number of nitrogens with one attached hydrogen (secondary N) is 1. The lowest BCUT2D eigenvalue weighted by Crippen LogP contribution is -2.35. The molecule has 0 aromatic carbocycles. The fourth-order valence-corrected chi connectivity index (χ4v) is 4.78. The minimum Gasteiger partial charge on any atom is -0.376 e. The van der Waals surface area contributed by atoms with E-state index in [1.54, 1.807) is 6.33 Å². The van der Waals surface area contributed by atoms with Crippen molar-refractivity contribution in [3.05, 3.63) is 16.8 Å². The van der Waals surface area contributed by atoms with Crippen LogP contribution < -0.4 is 5.32 Å². The molecule has 0 unspecified atom stereocenters. The Hall–Kier alpha value is -1.73. The third-order valence-electron chi connectivity index (χ3n) is 5.09. The molecule has 0 bridgehead atoms. The molecular weight excluding hydrogens is 336 g/mol. The van der Waals surface area contributed by atoms with Crippen LogP contribution in [0.5, 0.6) is 0 Å². The molecule has 0 saturated carbocycles. The minimum atomic E-state index is 0.144. The number of carbonyl (C=O) groups excluding carboxylic acids is 1. The molecule has 0 radical (unpaired) electrons. The highest BCUT2D eigenvalue weighted by Crippen LogP contribution is 2.34. The van der Waals surface area contributed by atoms with Crippen LogP contribution in [0.4, 0.5) is 5.82 Å². The van der Waals surface area contributed by atoms with Gasteiger partial charge in [-0.3, -0.25) is 4.79 Å². The van der Waals surface area contributed by atoms with E-state index in [4.69, 9.17) is 4.74 Å². The molecule has 2 aromatic heterocycles. The molecule has 2 saturated heterocycles. The molecule has 4 rings (SSSR count). The number of rotatable bonds is 4. The number of piperidine rings is 1. The average molecular weight is 360 g/mol. The summed E-state index contributed by atoms with van der Waals surface area (Å²) in [6.45, 7) is 5.33. The van der Waals surface area contributed by atoms with Crippen molar-refractivity contribution in [3.8, 4) is 0 Å². The first-order valence-corrected chi connectivity index (χ1v) is 9.94. The summed E-state index contributed by atoms with van der Waals surface area (Å²) < 4.78 is 5.68. The first kappa shape index (κ1) is 16.7. The van der Waals surface area contributed by atoms with Crippen molar-refractivity contribution in [2.75, 3.05) is 31.6 Å². The molecule has 2 aliphatic heterocycles. The van der Waals surface area contributed by atoms with E-state index in [0.717, 1.165) is 78.4 Å². The van der Waals surface area contributed by atoms with E-state index in [9.17, 15) is 4.79 Å². The summed E-state index contributed by atoms with van der Waals surface area (Å²) in [6.07, 6.45) is 7.45. The van der Waals surface area contributed by atoms with Crippen LogP contribution in [0.15, 0.2) is 6.33 Å². The van der Waals surface area contributed by atoms with E-state index in [1.807, 2.05) is 11.8 Å². The van der Waals surface area contributed by atoms with Gasteiger partial charge in [0.05, 0.1) is 16.4 Å². The Morgan fingerprint density at radius 1 is 1.32 bits per heavy atom. The van der Waals surface area contributed by atoms with Gasteiger partial charge in [-0.1, -0.05) is 0 Å². The van der Waals surface area contributed by atoms with Gasteiger partial charge in [-0.25, -0.2) is 9.97 Å². The van der Waals surface area contributed by atoms with E-state index in [-0.39, 0.29) is 12.0 Å². The molecule has 1 atom stereocenters. The van der Waals surface area contributed by atoms with Gasteiger partial charge in [-0.15, -0.1) is 11.3 Å². The number of carbonyl (C=O) groups is 1. The van der Waals surface area contributed by atoms with Gasteiger partial charge in [0.15, 0.2) is 0 Å². The lowest BCUT2D eigenvalue weighted by molar-refractivity contribution is 0.0728. The molecule has 0 aliphatic carbocycles. The molecule has 4 heterocycles. The summed E-state index contributed by atoms with van der Waals surface area (Å²) in [7, 11) is 0. The third kappa shape index (κ3) is 3.35. The number of ether oxygens (including phenoxy) is 1. The number of hydrogen-bond donors (Lipinski definition) is 1. The second-order valence-corrected chi connectivity index (χ2v) is 7.83. The number of anilines is 1. The molecule has 134 valence electrons. The van der Waals surface area contributed by atoms with Gasteiger partial charge < -0.3 is 15.0 Å². The molecule has 7 heteroatoms. The largest absolute Gasteiger partial charge is 0.376 e. The second-order valence-electron chi connectivity index (χ2n) is 6.83. The third-order valence-corrected chi connectivity index (χ3v) is 6.27. The lowest BCUT2D eigenvalue weighted by atomic mass is 10.1. The summed E-state index contributed by atoms with van der Waals surface area (Å²) in [5, 5.41) is 4.39. The van der Waals surface area contributed by atoms with Gasteiger partial charge in [0.2, 0.25) is 0 Å². The van der Waals surface area contributed by atoms with Crippen LogP contribution in [0.1, 0.15) is 47.3 Å². The van der Waals surface area contributed by atoms with Crippen molar-refractivity contribution in [3.63, 3.8) is 0 Å². The first-order chi connectivity index (χ1) is 12.2. The Morgan fingerprint density at radius 2 is 2.16 bits per heavy atom. The Balaban J connectivity index is 1.60. The standard InChI is InChI=1S/C18H24N4O2S/c1-12-14-16(19-10-13-6-5-9-24-13)20-11-21-17(14)25-15(12)18(23)22-7-3-2-4-8-22/h11,13H,2-10H2,1H3,(H,19,20,21)/t13-/m1/s1. The zero-order valence-electron chi connectivity index (χ0n) is 14.6. The minimum absolute atomic E-state index is 0.144. The van der Waals surface area contributed by atoms with Crippen LogP contribution in [0, 0.1) is 6.92 Å². The van der Waals surface area contributed by atoms with Crippen molar-refractivity contribution in [1.82, 2.24) is 14.9 Å². The highest BCUT2D eigenvalue weighted by atomic mass is 32.1. The maximum absolute atomic E-state index is 12.9. The maximum Gasteiger partial charge on any atom is 0.264 e. The van der Waals surface area contributed by atoms with Crippen molar-refractivity contribution in [1.29, 1.82) is 0 Å². The van der Waals surface area contributed by atoms with Crippen LogP contribution in [-0.2, 0) is 4.74 Å². The summed E-state index contributed by atoms with van der Waals surface area (Å²) in [4.78, 5) is 25.4. The number of fused-ring (bicyclic) bond motifs is 1. The van der Waals surface area contributed by atoms with E-state index < -0.39 is 0 Å². The normalized spacial score (nSPS) is 21.0. The maximum atomic E-state index is 12.9. The van der Waals surface area contributed by atoms with Gasteiger partial charge in [-0.05, 0) is 44.6 Å². The first-order valence-electron chi connectivity index (χ1n) is 9.13. The molecular formula is C18H24N4O2S. The number of aryl methyl sites for hydroxylation is 1. The van der Waals surface area contributed by atoms with Crippen molar-refractivity contribution in [2.45, 2.75) is 45.1 Å². The van der Waals surface area contributed by atoms with Crippen LogP contribution in [0.3, 0.4) is 0 Å². The summed E-state index contributed by atoms with van der Waals surface area (Å²) in [5.74, 6) is 0.956. The smallest absolute Gasteiger partial charge is 0.264 e. The number of hydrogen-bond acceptors (Lipinski definition) is 6. The fraction of sp³-hybridized carbons (Fsp3) is 0.611. The lowest BCUT2D eigenvalue weighted by Gasteiger charge is -2.26. The summed E-state index contributed by atoms with van der Waals surface area (Å²) >= 11 is 1.48. The molecule has 2 aromatic rings. The zero-order valence-corrected chi connectivity index (χ0v) is 15.4. The van der Waals surface area contributed by atoms with Crippen molar-refractivity contribution in [2.24, 2.45) is 0 Å². The average Bonchev–Trinajstić information content (AvgIpc) is 3.28. The van der Waals surface area contributed by atoms with Crippen LogP contribution in [-0.4, -0.2) is 53.1 Å². The van der Waals surface area contributed by atoms with Gasteiger partial charge in [0, 0.05) is 26.2 Å². The van der Waals surface area contributed by atoms with Gasteiger partial charge in [-0.2, -0.15) is 0 Å². The molecule has 0 spiro atoms. The number of nitrogens with zero attached hydrogens (tertiary/aromatic N) is 3. The van der Waals surface area contributed by atoms with Gasteiger partial charge in [0.1, 0.15) is 17.0 Å². The Labute approximate surface area is 151 Å². The van der Waals surface area contributed by atoms with E-state index >= 15 is 0 Å². The summed E-state index contributed by atoms with van der Waals surface area (Å²) in [5.41, 5.74) is 0.992. The van der Waals surface area contributed by atoms with E-state index in [2.05, 4.69) is 15.3 Å². The second kappa shape index (κ2) is 7.25. The van der Waals surface area contributed by atoms with Crippen LogP contribution in [0.25, 0.3) is 10.2 Å². The predicted molar refractivity (Wildman–Crippen MR) is 99.4 cm³/mol. The monoisotopic (exact) mass is 360 g/mol. The molecule has 6 nitrogen and oxygen atoms in total. The SMILES string of the molecule is Cc1c(C(=O)N2CCCCC2)sc2ncnc(NC[C@H]3CCCO3)c12. The van der Waals surface area contributed by atoms with Gasteiger partial charge in [0.25, 0.3) is 5.91 Å². The van der Waals surface area contributed by atoms with Crippen LogP contribution >= 0.6 is 11.3 Å². The van der Waals surface area contributed by atoms with Crippen molar-refractivity contribution >= 4 is 33.3 Å². The Morgan fingerprint density at radius 3 is 2.92 bits per heavy atom. The van der Waals surface area contributed by atoms with Crippen molar-refractivity contribution < 1.29 is 9.53 Å². The zero-order chi connectivity index (χ0) is 17.2. The predicted octanol–water partition coefficient (Wildman–Crippen LogP) is 3.22. The number of aromatic nitrogens is 2. The molecule has 1 amide bonds. The fourth-order valence-electron chi connectivity index (χ4n) is 3.67. The molecule has 1 N–H and O–H groups in total. The quantitative estimate of drug-likeness (QED) is 0.907. The summed E-state index contributed by atoms with van der Waals surface area (Å²) in [6, 6.07) is 0. The molecule has 2 aliphatic rings. The Kier molecular flexibility index (Phi) is 4.85. The number of likely N-dealkylation sites (tertiary alicyclic amines) is 1. The van der Waals surface area contributed by atoms with E-state index in [0.29, 0.717) is 0 Å². The van der Waals surface area contributed by atoms with Gasteiger partial charge >= 0.3 is 0 Å². The highest BCUT2D eigenvalue weighted by Gasteiger charge is 2.25. The molecule has 2 fully saturated rings. The topological polar surface area (TPSA) is 67.4 Å². The van der Waals surface area contributed by atoms with Crippen LogP contribution in [0.2, 0.25) is 0 Å². The Bertz CT molecular complexity index is 764. The number of thiophene rings is 1. The molecule has 25 heavy (non-hydrogen) atoms.